The van der Waals surface area contributed by atoms with Crippen molar-refractivity contribution < 1.29 is 9.53 Å². The van der Waals surface area contributed by atoms with Gasteiger partial charge in [0.05, 0.1) is 0 Å². The quantitative estimate of drug-likeness (QED) is 0.537. The van der Waals surface area contributed by atoms with E-state index in [1.54, 1.807) is 0 Å². The van der Waals surface area contributed by atoms with E-state index in [0.29, 0.717) is 6.42 Å². The van der Waals surface area contributed by atoms with Crippen LogP contribution >= 0.6 is 0 Å². The Labute approximate surface area is 54.5 Å². The molecular weight excluding hydrogens is 116 g/mol. The van der Waals surface area contributed by atoms with Crippen molar-refractivity contribution in [3.63, 3.8) is 0 Å². The second-order valence-corrected chi connectivity index (χ2v) is 2.10. The molecule has 9 heavy (non-hydrogen) atoms. The summed E-state index contributed by atoms with van der Waals surface area (Å²) in [5, 5.41) is 0. The van der Waals surface area contributed by atoms with Crippen molar-refractivity contribution in [2.75, 3.05) is 0 Å². The van der Waals surface area contributed by atoms with Gasteiger partial charge in [0.15, 0.2) is 0 Å². The van der Waals surface area contributed by atoms with Gasteiger partial charge >= 0.3 is 5.97 Å². The molecule has 0 amide bonds. The fourth-order valence-corrected chi connectivity index (χ4v) is 0.526. The van der Waals surface area contributed by atoms with Crippen molar-refractivity contribution in [3.8, 4) is 0 Å². The average molecular weight is 126 g/mol. The standard InChI is InChI=1S/C7H10O2/c1-2-3-7(8)9-6-4-5-6/h4H,2-3,5H2,1H3. The van der Waals surface area contributed by atoms with E-state index in [2.05, 4.69) is 0 Å². The number of esters is 1. The number of rotatable bonds is 3. The summed E-state index contributed by atoms with van der Waals surface area (Å²) in [6, 6.07) is 0. The Balaban J connectivity index is 2.10. The van der Waals surface area contributed by atoms with Gasteiger partial charge in [-0.2, -0.15) is 0 Å². The second-order valence-electron chi connectivity index (χ2n) is 2.10. The van der Waals surface area contributed by atoms with Crippen LogP contribution in [0.15, 0.2) is 11.8 Å². The van der Waals surface area contributed by atoms with Gasteiger partial charge in [-0.1, -0.05) is 6.92 Å². The Hall–Kier alpha value is -0.790. The second kappa shape index (κ2) is 2.67. The summed E-state index contributed by atoms with van der Waals surface area (Å²) in [4.78, 5) is 10.6. The van der Waals surface area contributed by atoms with E-state index in [1.165, 1.54) is 0 Å². The van der Waals surface area contributed by atoms with Crippen LogP contribution in [-0.4, -0.2) is 5.97 Å². The van der Waals surface area contributed by atoms with E-state index < -0.39 is 0 Å². The van der Waals surface area contributed by atoms with Gasteiger partial charge in [0.2, 0.25) is 0 Å². The molecule has 2 nitrogen and oxygen atoms in total. The molecule has 0 saturated carbocycles. The summed E-state index contributed by atoms with van der Waals surface area (Å²) in [5.74, 6) is 0.745. The lowest BCUT2D eigenvalue weighted by Gasteiger charge is -1.94. The van der Waals surface area contributed by atoms with Gasteiger partial charge in [-0.25, -0.2) is 0 Å². The topological polar surface area (TPSA) is 26.3 Å². The summed E-state index contributed by atoms with van der Waals surface area (Å²) in [7, 11) is 0. The van der Waals surface area contributed by atoms with Crippen molar-refractivity contribution >= 4 is 5.97 Å². The highest BCUT2D eigenvalue weighted by Gasteiger charge is 2.12. The minimum absolute atomic E-state index is 0.0961. The van der Waals surface area contributed by atoms with E-state index >= 15 is 0 Å². The molecule has 2 heteroatoms. The molecule has 0 aromatic heterocycles. The molecule has 0 radical (unpaired) electrons. The van der Waals surface area contributed by atoms with Gasteiger partial charge in [-0.3, -0.25) is 4.79 Å². The zero-order chi connectivity index (χ0) is 6.69. The summed E-state index contributed by atoms with van der Waals surface area (Å²) in [5.41, 5.74) is 0. The smallest absolute Gasteiger partial charge is 0.310 e. The van der Waals surface area contributed by atoms with Crippen molar-refractivity contribution in [2.24, 2.45) is 0 Å². The zero-order valence-corrected chi connectivity index (χ0v) is 5.52. The van der Waals surface area contributed by atoms with Gasteiger partial charge in [0.25, 0.3) is 0 Å². The van der Waals surface area contributed by atoms with Crippen LogP contribution in [0.25, 0.3) is 0 Å². The largest absolute Gasteiger partial charge is 0.431 e. The summed E-state index contributed by atoms with van der Waals surface area (Å²) >= 11 is 0. The number of allylic oxidation sites excluding steroid dienone is 2. The Morgan fingerprint density at radius 3 is 3.00 bits per heavy atom. The van der Waals surface area contributed by atoms with Crippen LogP contribution in [0.4, 0.5) is 0 Å². The van der Waals surface area contributed by atoms with Crippen LogP contribution in [0, 0.1) is 0 Å². The lowest BCUT2D eigenvalue weighted by molar-refractivity contribution is -0.138. The molecule has 0 aromatic carbocycles. The lowest BCUT2D eigenvalue weighted by Crippen LogP contribution is -1.98. The van der Waals surface area contributed by atoms with Crippen molar-refractivity contribution in [3.05, 3.63) is 11.8 Å². The van der Waals surface area contributed by atoms with Crippen LogP contribution in [-0.2, 0) is 9.53 Å². The molecule has 0 spiro atoms. The molecule has 1 aliphatic rings. The first-order valence-electron chi connectivity index (χ1n) is 3.22. The molecule has 50 valence electrons. The maximum absolute atomic E-state index is 10.6. The van der Waals surface area contributed by atoms with Crippen LogP contribution in [0.1, 0.15) is 26.2 Å². The molecule has 0 atom stereocenters. The molecule has 0 saturated heterocycles. The summed E-state index contributed by atoms with van der Waals surface area (Å²) in [6.07, 6.45) is 4.17. The van der Waals surface area contributed by atoms with Crippen LogP contribution in [0.5, 0.6) is 0 Å². The third kappa shape index (κ3) is 2.31. The van der Waals surface area contributed by atoms with Gasteiger partial charge in [0, 0.05) is 12.8 Å². The van der Waals surface area contributed by atoms with Crippen LogP contribution in [0.3, 0.4) is 0 Å². The Morgan fingerprint density at radius 2 is 2.56 bits per heavy atom. The third-order valence-corrected chi connectivity index (χ3v) is 1.07. The Morgan fingerprint density at radius 1 is 1.89 bits per heavy atom. The Bertz CT molecular complexity index is 147. The van der Waals surface area contributed by atoms with E-state index in [1.807, 2.05) is 13.0 Å². The molecule has 0 aromatic rings. The first-order chi connectivity index (χ1) is 4.33. The predicted octanol–water partition coefficient (Wildman–Crippen LogP) is 1.62. The zero-order valence-electron chi connectivity index (χ0n) is 5.52. The number of hydrogen-bond acceptors (Lipinski definition) is 2. The third-order valence-electron chi connectivity index (χ3n) is 1.07. The van der Waals surface area contributed by atoms with Gasteiger partial charge in [-0.05, 0) is 12.5 Å². The van der Waals surface area contributed by atoms with Crippen molar-refractivity contribution in [1.82, 2.24) is 0 Å². The highest BCUT2D eigenvalue weighted by molar-refractivity contribution is 5.71. The Kier molecular flexibility index (Phi) is 1.88. The SMILES string of the molecule is CCCC(=O)OC1=CC1. The maximum Gasteiger partial charge on any atom is 0.310 e. The summed E-state index contributed by atoms with van der Waals surface area (Å²) in [6.45, 7) is 1.96. The molecule has 1 aliphatic carbocycles. The number of carbonyl (C=O) groups is 1. The fraction of sp³-hybridized carbons (Fsp3) is 0.571. The number of hydrogen-bond donors (Lipinski definition) is 0. The van der Waals surface area contributed by atoms with E-state index in [9.17, 15) is 4.79 Å². The molecule has 0 unspecified atom stereocenters. The first kappa shape index (κ1) is 6.33. The number of carbonyl (C=O) groups excluding carboxylic acids is 1. The van der Waals surface area contributed by atoms with Crippen LogP contribution < -0.4 is 0 Å². The highest BCUT2D eigenvalue weighted by atomic mass is 16.5. The summed E-state index contributed by atoms with van der Waals surface area (Å²) < 4.78 is 4.82. The lowest BCUT2D eigenvalue weighted by atomic mass is 10.3. The maximum atomic E-state index is 10.6. The molecule has 0 fully saturated rings. The van der Waals surface area contributed by atoms with Gasteiger partial charge in [-0.15, -0.1) is 0 Å². The predicted molar refractivity (Wildman–Crippen MR) is 33.7 cm³/mol. The molecule has 0 aliphatic heterocycles. The molecule has 1 rings (SSSR count). The van der Waals surface area contributed by atoms with Crippen molar-refractivity contribution in [1.29, 1.82) is 0 Å². The molecule has 0 bridgehead atoms. The number of ether oxygens (including phenoxy) is 1. The molecular formula is C7H10O2. The molecule has 0 N–H and O–H groups in total. The van der Waals surface area contributed by atoms with E-state index in [0.717, 1.165) is 18.6 Å². The van der Waals surface area contributed by atoms with E-state index in [4.69, 9.17) is 4.74 Å². The molecule has 0 heterocycles. The minimum atomic E-state index is -0.0961. The first-order valence-corrected chi connectivity index (χ1v) is 3.22. The van der Waals surface area contributed by atoms with Crippen LogP contribution in [0.2, 0.25) is 0 Å². The monoisotopic (exact) mass is 126 g/mol. The van der Waals surface area contributed by atoms with Gasteiger partial charge in [0.1, 0.15) is 5.76 Å². The fourth-order valence-electron chi connectivity index (χ4n) is 0.526. The van der Waals surface area contributed by atoms with Gasteiger partial charge < -0.3 is 4.74 Å². The minimum Gasteiger partial charge on any atom is -0.431 e. The van der Waals surface area contributed by atoms with Crippen molar-refractivity contribution in [2.45, 2.75) is 26.2 Å². The average Bonchev–Trinajstić information content (AvgIpc) is 2.50. The highest BCUT2D eigenvalue weighted by Crippen LogP contribution is 2.19. The normalized spacial score (nSPS) is 14.6. The van der Waals surface area contributed by atoms with E-state index in [-0.39, 0.29) is 5.97 Å².